The van der Waals surface area contributed by atoms with Gasteiger partial charge in [0.2, 0.25) is 0 Å². The molecule has 0 fully saturated rings. The van der Waals surface area contributed by atoms with E-state index in [2.05, 4.69) is 31.1 Å². The number of pyridine rings is 1. The molecule has 5 heteroatoms. The number of carbonyl (C=O) groups excluding carboxylic acids is 1. The van der Waals surface area contributed by atoms with Crippen LogP contribution in [0, 0.1) is 0 Å². The van der Waals surface area contributed by atoms with E-state index < -0.39 is 0 Å². The second-order valence-corrected chi connectivity index (χ2v) is 7.37. The fourth-order valence-corrected chi connectivity index (χ4v) is 2.85. The van der Waals surface area contributed by atoms with E-state index in [1.54, 1.807) is 7.11 Å². The lowest BCUT2D eigenvalue weighted by atomic mass is 9.87. The molecule has 0 aliphatic rings. The largest absolute Gasteiger partial charge is 0.493 e. The SMILES string of the molecule is COc1cccn2cc(CCNC(=O)c3ccc(C(C)(C)C)cc3)nc12. The van der Waals surface area contributed by atoms with E-state index in [-0.39, 0.29) is 11.3 Å². The highest BCUT2D eigenvalue weighted by atomic mass is 16.5. The molecule has 5 nitrogen and oxygen atoms in total. The Bertz CT molecular complexity index is 905. The van der Waals surface area contributed by atoms with E-state index in [9.17, 15) is 4.79 Å². The molecule has 0 bridgehead atoms. The maximum atomic E-state index is 12.3. The molecule has 0 aliphatic carbocycles. The topological polar surface area (TPSA) is 55.6 Å². The smallest absolute Gasteiger partial charge is 0.251 e. The minimum Gasteiger partial charge on any atom is -0.493 e. The van der Waals surface area contributed by atoms with Crippen LogP contribution in [0.15, 0.2) is 48.8 Å². The second kappa shape index (κ2) is 7.20. The number of hydrogen-bond acceptors (Lipinski definition) is 3. The number of aromatic nitrogens is 2. The Hall–Kier alpha value is -2.82. The first-order valence-corrected chi connectivity index (χ1v) is 8.78. The van der Waals surface area contributed by atoms with Crippen LogP contribution < -0.4 is 10.1 Å². The molecule has 0 saturated carbocycles. The third kappa shape index (κ3) is 3.87. The van der Waals surface area contributed by atoms with Crippen molar-refractivity contribution in [1.29, 1.82) is 0 Å². The van der Waals surface area contributed by atoms with Crippen LogP contribution in [0.4, 0.5) is 0 Å². The third-order valence-electron chi connectivity index (χ3n) is 4.40. The van der Waals surface area contributed by atoms with Crippen LogP contribution in [0.25, 0.3) is 5.65 Å². The standard InChI is InChI=1S/C21H25N3O2/c1-21(2,3)16-9-7-15(8-10-16)20(25)22-12-11-17-14-24-13-5-6-18(26-4)19(24)23-17/h5-10,13-14H,11-12H2,1-4H3,(H,22,25). The highest BCUT2D eigenvalue weighted by molar-refractivity contribution is 5.94. The number of amides is 1. The van der Waals surface area contributed by atoms with Gasteiger partial charge in [0.15, 0.2) is 11.4 Å². The fourth-order valence-electron chi connectivity index (χ4n) is 2.85. The van der Waals surface area contributed by atoms with Crippen LogP contribution >= 0.6 is 0 Å². The summed E-state index contributed by atoms with van der Waals surface area (Å²) in [5, 5.41) is 2.96. The minimum absolute atomic E-state index is 0.0631. The summed E-state index contributed by atoms with van der Waals surface area (Å²) in [5.74, 6) is 0.675. The van der Waals surface area contributed by atoms with Gasteiger partial charge in [0.1, 0.15) is 0 Å². The van der Waals surface area contributed by atoms with Crippen molar-refractivity contribution in [3.63, 3.8) is 0 Å². The zero-order valence-electron chi connectivity index (χ0n) is 15.7. The Morgan fingerprint density at radius 3 is 2.58 bits per heavy atom. The average molecular weight is 351 g/mol. The lowest BCUT2D eigenvalue weighted by Gasteiger charge is -2.19. The number of nitrogens with zero attached hydrogens (tertiary/aromatic N) is 2. The number of nitrogens with one attached hydrogen (secondary N) is 1. The highest BCUT2D eigenvalue weighted by Crippen LogP contribution is 2.22. The van der Waals surface area contributed by atoms with Crippen molar-refractivity contribution < 1.29 is 9.53 Å². The number of rotatable bonds is 5. The van der Waals surface area contributed by atoms with E-state index in [0.29, 0.717) is 18.5 Å². The lowest BCUT2D eigenvalue weighted by molar-refractivity contribution is 0.0954. The highest BCUT2D eigenvalue weighted by Gasteiger charge is 2.14. The Labute approximate surface area is 154 Å². The van der Waals surface area contributed by atoms with Gasteiger partial charge in [-0.3, -0.25) is 4.79 Å². The van der Waals surface area contributed by atoms with Crippen LogP contribution in [-0.2, 0) is 11.8 Å². The summed E-state index contributed by atoms with van der Waals surface area (Å²) in [7, 11) is 1.63. The van der Waals surface area contributed by atoms with Crippen molar-refractivity contribution in [3.05, 3.63) is 65.6 Å². The van der Waals surface area contributed by atoms with Crippen LogP contribution in [-0.4, -0.2) is 28.9 Å². The molecule has 0 atom stereocenters. The first-order chi connectivity index (χ1) is 12.4. The van der Waals surface area contributed by atoms with Crippen molar-refractivity contribution in [2.24, 2.45) is 0 Å². The van der Waals surface area contributed by atoms with E-state index in [1.165, 1.54) is 5.56 Å². The molecule has 0 saturated heterocycles. The van der Waals surface area contributed by atoms with Crippen molar-refractivity contribution in [1.82, 2.24) is 14.7 Å². The Kier molecular flexibility index (Phi) is 4.98. The molecular weight excluding hydrogens is 326 g/mol. The summed E-state index contributed by atoms with van der Waals surface area (Å²) in [5.41, 5.74) is 3.67. The number of benzene rings is 1. The molecule has 2 aromatic heterocycles. The number of imidazole rings is 1. The maximum Gasteiger partial charge on any atom is 0.251 e. The van der Waals surface area contributed by atoms with Crippen molar-refractivity contribution in [3.8, 4) is 5.75 Å². The van der Waals surface area contributed by atoms with Gasteiger partial charge in [0.05, 0.1) is 12.8 Å². The zero-order valence-corrected chi connectivity index (χ0v) is 15.7. The second-order valence-electron chi connectivity index (χ2n) is 7.37. The molecule has 0 spiro atoms. The quantitative estimate of drug-likeness (QED) is 0.764. The van der Waals surface area contributed by atoms with Gasteiger partial charge < -0.3 is 14.5 Å². The normalized spacial score (nSPS) is 11.5. The molecule has 3 aromatic rings. The van der Waals surface area contributed by atoms with E-state index >= 15 is 0 Å². The molecule has 0 unspecified atom stereocenters. The number of fused-ring (bicyclic) bond motifs is 1. The van der Waals surface area contributed by atoms with Gasteiger partial charge in [-0.2, -0.15) is 0 Å². The Morgan fingerprint density at radius 1 is 1.19 bits per heavy atom. The van der Waals surface area contributed by atoms with E-state index in [4.69, 9.17) is 4.74 Å². The van der Waals surface area contributed by atoms with Gasteiger partial charge in [-0.1, -0.05) is 32.9 Å². The monoisotopic (exact) mass is 351 g/mol. The minimum atomic E-state index is -0.0631. The van der Waals surface area contributed by atoms with Crippen LogP contribution in [0.1, 0.15) is 42.4 Å². The van der Waals surface area contributed by atoms with Crippen molar-refractivity contribution in [2.75, 3.05) is 13.7 Å². The van der Waals surface area contributed by atoms with Crippen LogP contribution in [0.3, 0.4) is 0 Å². The van der Waals surface area contributed by atoms with Crippen molar-refractivity contribution >= 4 is 11.6 Å². The van der Waals surface area contributed by atoms with Gasteiger partial charge in [0, 0.05) is 30.9 Å². The summed E-state index contributed by atoms with van der Waals surface area (Å²) in [6.07, 6.45) is 4.56. The maximum absolute atomic E-state index is 12.3. The molecule has 1 amide bonds. The Balaban J connectivity index is 1.60. The number of ether oxygens (including phenoxy) is 1. The Morgan fingerprint density at radius 2 is 1.92 bits per heavy atom. The molecule has 136 valence electrons. The zero-order chi connectivity index (χ0) is 18.7. The summed E-state index contributed by atoms with van der Waals surface area (Å²) < 4.78 is 7.25. The van der Waals surface area contributed by atoms with Gasteiger partial charge in [0.25, 0.3) is 5.91 Å². The predicted molar refractivity (Wildman–Crippen MR) is 103 cm³/mol. The van der Waals surface area contributed by atoms with Gasteiger partial charge in [-0.25, -0.2) is 4.98 Å². The summed E-state index contributed by atoms with van der Waals surface area (Å²) in [4.78, 5) is 16.9. The average Bonchev–Trinajstić information content (AvgIpc) is 3.03. The summed E-state index contributed by atoms with van der Waals surface area (Å²) in [6, 6.07) is 11.6. The van der Waals surface area contributed by atoms with Gasteiger partial charge in [-0.15, -0.1) is 0 Å². The molecule has 3 rings (SSSR count). The lowest BCUT2D eigenvalue weighted by Crippen LogP contribution is -2.25. The van der Waals surface area contributed by atoms with Crippen LogP contribution in [0.2, 0.25) is 0 Å². The van der Waals surface area contributed by atoms with Gasteiger partial charge in [-0.05, 0) is 35.2 Å². The summed E-state index contributed by atoms with van der Waals surface area (Å²) >= 11 is 0. The first kappa shape index (κ1) is 18.0. The molecule has 1 aromatic carbocycles. The van der Waals surface area contributed by atoms with E-state index in [0.717, 1.165) is 17.1 Å². The molecule has 0 radical (unpaired) electrons. The molecular formula is C21H25N3O2. The van der Waals surface area contributed by atoms with Crippen LogP contribution in [0.5, 0.6) is 5.75 Å². The van der Waals surface area contributed by atoms with Crippen molar-refractivity contribution in [2.45, 2.75) is 32.6 Å². The molecule has 1 N–H and O–H groups in total. The third-order valence-corrected chi connectivity index (χ3v) is 4.40. The summed E-state index contributed by atoms with van der Waals surface area (Å²) in [6.45, 7) is 7.01. The molecule has 26 heavy (non-hydrogen) atoms. The first-order valence-electron chi connectivity index (χ1n) is 8.78. The van der Waals surface area contributed by atoms with Gasteiger partial charge >= 0.3 is 0 Å². The molecule has 0 aliphatic heterocycles. The molecule has 2 heterocycles. The number of hydrogen-bond donors (Lipinski definition) is 1. The fraction of sp³-hybridized carbons (Fsp3) is 0.333. The number of carbonyl (C=O) groups is 1. The van der Waals surface area contributed by atoms with E-state index in [1.807, 2.05) is 53.2 Å². The predicted octanol–water partition coefficient (Wildman–Crippen LogP) is 3.61. The number of methoxy groups -OCH3 is 1.